The summed E-state index contributed by atoms with van der Waals surface area (Å²) in [7, 11) is 0. The minimum Gasteiger partial charge on any atom is -0.494 e. The molecule has 1 unspecified atom stereocenters. The molecule has 0 saturated heterocycles. The first kappa shape index (κ1) is 16.8. The standard InChI is InChI=1S/C16H27NO3/c1-4-10-17-16(3,13-18)9-11-20-15-8-6-7-14(12-15)19-5-2/h6-8,12,17-18H,4-5,9-11,13H2,1-3H3. The zero-order valence-electron chi connectivity index (χ0n) is 12.8. The molecule has 0 aliphatic heterocycles. The van der Waals surface area contributed by atoms with Crippen LogP contribution in [-0.2, 0) is 0 Å². The topological polar surface area (TPSA) is 50.7 Å². The predicted octanol–water partition coefficient (Wildman–Crippen LogP) is 2.60. The highest BCUT2D eigenvalue weighted by atomic mass is 16.5. The lowest BCUT2D eigenvalue weighted by Gasteiger charge is -2.28. The Hall–Kier alpha value is -1.26. The maximum atomic E-state index is 9.49. The first-order valence-electron chi connectivity index (χ1n) is 7.35. The molecule has 1 rings (SSSR count). The number of ether oxygens (including phenoxy) is 2. The molecule has 0 amide bonds. The van der Waals surface area contributed by atoms with Crippen LogP contribution >= 0.6 is 0 Å². The van der Waals surface area contributed by atoms with E-state index in [9.17, 15) is 5.11 Å². The highest BCUT2D eigenvalue weighted by Gasteiger charge is 2.21. The van der Waals surface area contributed by atoms with E-state index in [1.54, 1.807) is 0 Å². The van der Waals surface area contributed by atoms with Crippen LogP contribution in [-0.4, -0.2) is 37.0 Å². The van der Waals surface area contributed by atoms with E-state index in [-0.39, 0.29) is 12.1 Å². The second-order valence-electron chi connectivity index (χ2n) is 5.15. The Morgan fingerprint density at radius 1 is 1.20 bits per heavy atom. The highest BCUT2D eigenvalue weighted by molar-refractivity contribution is 5.32. The van der Waals surface area contributed by atoms with Crippen molar-refractivity contribution in [2.24, 2.45) is 0 Å². The molecule has 1 aromatic rings. The smallest absolute Gasteiger partial charge is 0.122 e. The van der Waals surface area contributed by atoms with Gasteiger partial charge in [0.05, 0.1) is 19.8 Å². The minimum atomic E-state index is -0.284. The van der Waals surface area contributed by atoms with Crippen molar-refractivity contribution >= 4 is 0 Å². The fourth-order valence-electron chi connectivity index (χ4n) is 1.86. The quantitative estimate of drug-likeness (QED) is 0.692. The van der Waals surface area contributed by atoms with Gasteiger partial charge in [0.2, 0.25) is 0 Å². The summed E-state index contributed by atoms with van der Waals surface area (Å²) in [4.78, 5) is 0. The first-order chi connectivity index (χ1) is 9.63. The Balaban J connectivity index is 2.44. The van der Waals surface area contributed by atoms with Crippen molar-refractivity contribution in [1.82, 2.24) is 5.32 Å². The number of benzene rings is 1. The Bertz CT molecular complexity index is 384. The van der Waals surface area contributed by atoms with Crippen molar-refractivity contribution in [2.75, 3.05) is 26.4 Å². The van der Waals surface area contributed by atoms with Crippen LogP contribution in [0.5, 0.6) is 11.5 Å². The van der Waals surface area contributed by atoms with Crippen LogP contribution in [0, 0.1) is 0 Å². The SMILES string of the molecule is CCCNC(C)(CO)CCOc1cccc(OCC)c1. The van der Waals surface area contributed by atoms with Crippen LogP contribution in [0.3, 0.4) is 0 Å². The summed E-state index contributed by atoms with van der Waals surface area (Å²) < 4.78 is 11.2. The van der Waals surface area contributed by atoms with E-state index >= 15 is 0 Å². The predicted molar refractivity (Wildman–Crippen MR) is 81.5 cm³/mol. The number of hydrogen-bond acceptors (Lipinski definition) is 4. The lowest BCUT2D eigenvalue weighted by molar-refractivity contribution is 0.144. The fourth-order valence-corrected chi connectivity index (χ4v) is 1.86. The molecule has 1 atom stereocenters. The second-order valence-corrected chi connectivity index (χ2v) is 5.15. The van der Waals surface area contributed by atoms with Crippen molar-refractivity contribution < 1.29 is 14.6 Å². The third kappa shape index (κ3) is 5.80. The molecule has 0 saturated carbocycles. The molecule has 0 radical (unpaired) electrons. The Morgan fingerprint density at radius 3 is 2.50 bits per heavy atom. The third-order valence-electron chi connectivity index (χ3n) is 3.19. The molecule has 0 bridgehead atoms. The van der Waals surface area contributed by atoms with Crippen LogP contribution in [0.4, 0.5) is 0 Å². The Kier molecular flexibility index (Phi) is 7.41. The van der Waals surface area contributed by atoms with Crippen molar-refractivity contribution in [3.63, 3.8) is 0 Å². The third-order valence-corrected chi connectivity index (χ3v) is 3.19. The summed E-state index contributed by atoms with van der Waals surface area (Å²) in [6.07, 6.45) is 1.80. The van der Waals surface area contributed by atoms with Crippen molar-refractivity contribution in [1.29, 1.82) is 0 Å². The molecule has 0 fully saturated rings. The average molecular weight is 281 g/mol. The number of aliphatic hydroxyl groups is 1. The minimum absolute atomic E-state index is 0.106. The van der Waals surface area contributed by atoms with Crippen molar-refractivity contribution in [2.45, 2.75) is 39.2 Å². The Labute approximate surface area is 122 Å². The average Bonchev–Trinajstić information content (AvgIpc) is 2.46. The molecule has 0 aliphatic carbocycles. The van der Waals surface area contributed by atoms with Crippen molar-refractivity contribution in [3.05, 3.63) is 24.3 Å². The zero-order valence-corrected chi connectivity index (χ0v) is 12.8. The van der Waals surface area contributed by atoms with E-state index in [4.69, 9.17) is 9.47 Å². The van der Waals surface area contributed by atoms with Gasteiger partial charge in [0, 0.05) is 18.0 Å². The number of nitrogens with one attached hydrogen (secondary N) is 1. The van der Waals surface area contributed by atoms with Crippen LogP contribution in [0.25, 0.3) is 0 Å². The summed E-state index contributed by atoms with van der Waals surface area (Å²) in [6, 6.07) is 7.63. The van der Waals surface area contributed by atoms with Gasteiger partial charge in [0.15, 0.2) is 0 Å². The molecular weight excluding hydrogens is 254 g/mol. The number of rotatable bonds is 10. The lowest BCUT2D eigenvalue weighted by atomic mass is 9.99. The van der Waals surface area contributed by atoms with Gasteiger partial charge in [-0.3, -0.25) is 0 Å². The summed E-state index contributed by atoms with van der Waals surface area (Å²) in [5.41, 5.74) is -0.284. The summed E-state index contributed by atoms with van der Waals surface area (Å²) >= 11 is 0. The first-order valence-corrected chi connectivity index (χ1v) is 7.35. The molecule has 20 heavy (non-hydrogen) atoms. The number of hydrogen-bond donors (Lipinski definition) is 2. The largest absolute Gasteiger partial charge is 0.494 e. The molecular formula is C16H27NO3. The van der Waals surface area contributed by atoms with Crippen molar-refractivity contribution in [3.8, 4) is 11.5 Å². The zero-order chi connectivity index (χ0) is 14.8. The van der Waals surface area contributed by atoms with Gasteiger partial charge >= 0.3 is 0 Å². The van der Waals surface area contributed by atoms with E-state index in [0.717, 1.165) is 30.9 Å². The van der Waals surface area contributed by atoms with Crippen LogP contribution in [0.1, 0.15) is 33.6 Å². The van der Waals surface area contributed by atoms with E-state index in [2.05, 4.69) is 12.2 Å². The maximum Gasteiger partial charge on any atom is 0.122 e. The summed E-state index contributed by atoms with van der Waals surface area (Å²) in [5.74, 6) is 1.62. The fraction of sp³-hybridized carbons (Fsp3) is 0.625. The van der Waals surface area contributed by atoms with Gasteiger partial charge in [-0.25, -0.2) is 0 Å². The summed E-state index contributed by atoms with van der Waals surface area (Å²) in [6.45, 7) is 8.30. The van der Waals surface area contributed by atoms with Gasteiger partial charge in [-0.05, 0) is 38.9 Å². The van der Waals surface area contributed by atoms with Gasteiger partial charge < -0.3 is 19.9 Å². The van der Waals surface area contributed by atoms with Gasteiger partial charge in [0.25, 0.3) is 0 Å². The molecule has 0 heterocycles. The van der Waals surface area contributed by atoms with E-state index < -0.39 is 0 Å². The molecule has 2 N–H and O–H groups in total. The molecule has 0 aliphatic rings. The van der Waals surface area contributed by atoms with Gasteiger partial charge in [-0.2, -0.15) is 0 Å². The molecule has 0 spiro atoms. The summed E-state index contributed by atoms with van der Waals surface area (Å²) in [5, 5.41) is 12.8. The second kappa shape index (κ2) is 8.82. The van der Waals surface area contributed by atoms with Gasteiger partial charge in [-0.1, -0.05) is 13.0 Å². The van der Waals surface area contributed by atoms with Crippen LogP contribution in [0.15, 0.2) is 24.3 Å². The van der Waals surface area contributed by atoms with Crippen LogP contribution in [0.2, 0.25) is 0 Å². The van der Waals surface area contributed by atoms with E-state index in [1.807, 2.05) is 38.1 Å². The maximum absolute atomic E-state index is 9.49. The Morgan fingerprint density at radius 2 is 1.90 bits per heavy atom. The van der Waals surface area contributed by atoms with Crippen LogP contribution < -0.4 is 14.8 Å². The molecule has 0 aromatic heterocycles. The van der Waals surface area contributed by atoms with E-state index in [1.165, 1.54) is 0 Å². The van der Waals surface area contributed by atoms with E-state index in [0.29, 0.717) is 13.2 Å². The number of aliphatic hydroxyl groups excluding tert-OH is 1. The highest BCUT2D eigenvalue weighted by Crippen LogP contribution is 2.20. The molecule has 4 heteroatoms. The van der Waals surface area contributed by atoms with Gasteiger partial charge in [0.1, 0.15) is 11.5 Å². The molecule has 4 nitrogen and oxygen atoms in total. The molecule has 1 aromatic carbocycles. The normalized spacial score (nSPS) is 13.8. The van der Waals surface area contributed by atoms with Gasteiger partial charge in [-0.15, -0.1) is 0 Å². The molecule has 114 valence electrons. The lowest BCUT2D eigenvalue weighted by Crippen LogP contribution is -2.47. The monoisotopic (exact) mass is 281 g/mol.